The van der Waals surface area contributed by atoms with Crippen molar-refractivity contribution in [3.63, 3.8) is 0 Å². The summed E-state index contributed by atoms with van der Waals surface area (Å²) < 4.78 is 4.81. The first-order chi connectivity index (χ1) is 5.11. The first-order valence-electron chi connectivity index (χ1n) is 2.99. The molecule has 1 aliphatic heterocycles. The molecule has 1 heterocycles. The van der Waals surface area contributed by atoms with Gasteiger partial charge >= 0.3 is 0 Å². The van der Waals surface area contributed by atoms with Crippen LogP contribution < -0.4 is 0 Å². The van der Waals surface area contributed by atoms with Gasteiger partial charge in [-0.05, 0) is 11.2 Å². The van der Waals surface area contributed by atoms with Crippen LogP contribution in [0, 0.1) is 0 Å². The molecular formula is C5H7NO3S2. The highest BCUT2D eigenvalue weighted by Gasteiger charge is 2.30. The number of carbonyl (C=O) groups is 2. The number of hydroxylamine groups is 2. The fourth-order valence-electron chi connectivity index (χ4n) is 0.744. The second-order valence-electron chi connectivity index (χ2n) is 2.06. The van der Waals surface area contributed by atoms with Gasteiger partial charge < -0.3 is 0 Å². The lowest BCUT2D eigenvalue weighted by Gasteiger charge is -2.10. The topological polar surface area (TPSA) is 46.6 Å². The van der Waals surface area contributed by atoms with Gasteiger partial charge in [-0.3, -0.25) is 9.59 Å². The average Bonchev–Trinajstić information content (AvgIpc) is 2.18. The van der Waals surface area contributed by atoms with E-state index in [2.05, 4.69) is 11.2 Å². The van der Waals surface area contributed by atoms with Gasteiger partial charge in [0.05, 0.1) is 0 Å². The maximum Gasteiger partial charge on any atom is 0.255 e. The molecule has 1 saturated heterocycles. The zero-order valence-electron chi connectivity index (χ0n) is 5.90. The molecule has 0 aromatic carbocycles. The lowest BCUT2D eigenvalue weighted by Crippen LogP contribution is -2.29. The van der Waals surface area contributed by atoms with Crippen LogP contribution in [0.4, 0.5) is 0 Å². The van der Waals surface area contributed by atoms with Crippen LogP contribution in [0.25, 0.3) is 0 Å². The molecule has 1 atom stereocenters. The third kappa shape index (κ3) is 2.05. The Morgan fingerprint density at radius 2 is 1.91 bits per heavy atom. The van der Waals surface area contributed by atoms with Crippen LogP contribution in [0.2, 0.25) is 0 Å². The van der Waals surface area contributed by atoms with Crippen molar-refractivity contribution >= 4 is 32.7 Å². The van der Waals surface area contributed by atoms with Gasteiger partial charge in [-0.25, -0.2) is 0 Å². The van der Waals surface area contributed by atoms with Gasteiger partial charge in [0.25, 0.3) is 11.8 Å². The number of nitrogens with zero attached hydrogens (tertiary/aromatic N) is 1. The fourth-order valence-corrected chi connectivity index (χ4v) is 1.30. The summed E-state index contributed by atoms with van der Waals surface area (Å²) in [5, 5.41) is 0.774. The van der Waals surface area contributed by atoms with Gasteiger partial charge in [-0.15, -0.1) is 5.06 Å². The highest BCUT2D eigenvalue weighted by atomic mass is 32.8. The van der Waals surface area contributed by atoms with Crippen LogP contribution in [0.3, 0.4) is 0 Å². The predicted octanol–water partition coefficient (Wildman–Crippen LogP) is -0.308. The third-order valence-electron chi connectivity index (χ3n) is 1.19. The maximum absolute atomic E-state index is 10.9. The lowest BCUT2D eigenvalue weighted by atomic mass is 10.4. The minimum Gasteiger partial charge on any atom is -0.272 e. The number of rotatable bonds is 2. The van der Waals surface area contributed by atoms with Gasteiger partial charge in [-0.1, -0.05) is 0 Å². The van der Waals surface area contributed by atoms with Crippen LogP contribution in [0.5, 0.6) is 0 Å². The molecule has 0 saturated carbocycles. The fraction of sp³-hybridized carbons (Fsp3) is 0.600. The second-order valence-corrected chi connectivity index (χ2v) is 4.42. The Labute approximate surface area is 71.3 Å². The number of hydrogen-bond donors (Lipinski definition) is 0. The summed E-state index contributed by atoms with van der Waals surface area (Å²) in [6.45, 7) is 0. The van der Waals surface area contributed by atoms with E-state index in [9.17, 15) is 9.59 Å². The molecule has 0 bridgehead atoms. The number of amides is 2. The molecule has 1 unspecified atom stereocenters. The van der Waals surface area contributed by atoms with Crippen molar-refractivity contribution in [1.29, 1.82) is 0 Å². The van der Waals surface area contributed by atoms with Crippen molar-refractivity contribution in [2.75, 3.05) is 6.26 Å². The van der Waals surface area contributed by atoms with E-state index < -0.39 is 9.74 Å². The van der Waals surface area contributed by atoms with Crippen LogP contribution in [0.1, 0.15) is 12.8 Å². The van der Waals surface area contributed by atoms with E-state index in [4.69, 9.17) is 4.28 Å². The number of imide groups is 1. The summed E-state index contributed by atoms with van der Waals surface area (Å²) in [6.07, 6.45) is 2.10. The van der Waals surface area contributed by atoms with E-state index in [0.29, 0.717) is 0 Å². The molecule has 4 nitrogen and oxygen atoms in total. The Kier molecular flexibility index (Phi) is 2.69. The molecule has 2 amide bonds. The van der Waals surface area contributed by atoms with Gasteiger partial charge in [0, 0.05) is 28.8 Å². The second kappa shape index (κ2) is 3.38. The van der Waals surface area contributed by atoms with Crippen molar-refractivity contribution in [3.05, 3.63) is 0 Å². The zero-order valence-corrected chi connectivity index (χ0v) is 7.54. The molecule has 0 aliphatic carbocycles. The summed E-state index contributed by atoms with van der Waals surface area (Å²) in [5.41, 5.74) is 0. The summed E-state index contributed by atoms with van der Waals surface area (Å²) in [6, 6.07) is 0. The minimum absolute atomic E-state index is 0.241. The first-order valence-corrected chi connectivity index (χ1v) is 5.47. The summed E-state index contributed by atoms with van der Waals surface area (Å²) >= 11 is 4.68. The molecule has 11 heavy (non-hydrogen) atoms. The quantitative estimate of drug-likeness (QED) is 0.564. The summed E-state index contributed by atoms with van der Waals surface area (Å²) in [5.74, 6) is -0.585. The molecule has 62 valence electrons. The van der Waals surface area contributed by atoms with Crippen LogP contribution in [-0.2, 0) is 34.8 Å². The van der Waals surface area contributed by atoms with Crippen LogP contribution >= 0.6 is 0 Å². The molecule has 1 aliphatic rings. The summed E-state index contributed by atoms with van der Waals surface area (Å²) in [4.78, 5) is 21.7. The largest absolute Gasteiger partial charge is 0.272 e. The molecule has 1 fully saturated rings. The highest BCUT2D eigenvalue weighted by Crippen LogP contribution is 2.12. The predicted molar refractivity (Wildman–Crippen MR) is 42.8 cm³/mol. The molecule has 1 rings (SSSR count). The first kappa shape index (κ1) is 8.76. The van der Waals surface area contributed by atoms with Gasteiger partial charge in [0.1, 0.15) is 0 Å². The average molecular weight is 193 g/mol. The van der Waals surface area contributed by atoms with E-state index in [-0.39, 0.29) is 24.7 Å². The number of carbonyl (C=O) groups excluding carboxylic acids is 2. The van der Waals surface area contributed by atoms with Crippen molar-refractivity contribution < 1.29 is 13.9 Å². The normalized spacial score (nSPS) is 21.0. The molecule has 0 spiro atoms. The maximum atomic E-state index is 10.9. The van der Waals surface area contributed by atoms with Crippen molar-refractivity contribution in [2.24, 2.45) is 0 Å². The Balaban J connectivity index is 2.62. The Morgan fingerprint density at radius 1 is 1.45 bits per heavy atom. The van der Waals surface area contributed by atoms with Crippen LogP contribution in [-0.4, -0.2) is 23.1 Å². The van der Waals surface area contributed by atoms with Gasteiger partial charge in [0.2, 0.25) is 0 Å². The highest BCUT2D eigenvalue weighted by molar-refractivity contribution is 8.25. The van der Waals surface area contributed by atoms with Crippen molar-refractivity contribution in [1.82, 2.24) is 5.06 Å². The lowest BCUT2D eigenvalue weighted by molar-refractivity contribution is -0.162. The molecule has 0 aromatic rings. The Bertz CT molecular complexity index is 212. The van der Waals surface area contributed by atoms with Crippen molar-refractivity contribution in [2.45, 2.75) is 12.8 Å². The van der Waals surface area contributed by atoms with E-state index >= 15 is 0 Å². The molecule has 6 heteroatoms. The number of hydrogen-bond acceptors (Lipinski definition) is 4. The molecule has 0 aromatic heterocycles. The SMILES string of the molecule is CS(=S)ON1C(=O)CCC1=O. The molecular weight excluding hydrogens is 186 g/mol. The van der Waals surface area contributed by atoms with Gasteiger partial charge in [-0.2, -0.15) is 4.28 Å². The molecule has 0 radical (unpaired) electrons. The smallest absolute Gasteiger partial charge is 0.255 e. The Morgan fingerprint density at radius 3 is 2.27 bits per heavy atom. The molecule has 0 N–H and O–H groups in total. The summed E-state index contributed by atoms with van der Waals surface area (Å²) in [7, 11) is -0.779. The van der Waals surface area contributed by atoms with E-state index in [0.717, 1.165) is 5.06 Å². The van der Waals surface area contributed by atoms with E-state index in [1.807, 2.05) is 0 Å². The van der Waals surface area contributed by atoms with Gasteiger partial charge in [0.15, 0.2) is 0 Å². The van der Waals surface area contributed by atoms with E-state index in [1.54, 1.807) is 6.26 Å². The minimum atomic E-state index is -0.779. The zero-order chi connectivity index (χ0) is 8.43. The van der Waals surface area contributed by atoms with Crippen molar-refractivity contribution in [3.8, 4) is 0 Å². The third-order valence-corrected chi connectivity index (χ3v) is 1.73. The Hall–Kier alpha value is -0.330. The monoisotopic (exact) mass is 193 g/mol. The van der Waals surface area contributed by atoms with Crippen LogP contribution in [0.15, 0.2) is 0 Å². The van der Waals surface area contributed by atoms with E-state index in [1.165, 1.54) is 0 Å². The standard InChI is InChI=1S/C5H7NO3S2/c1-11(10)9-6-4(7)2-3-5(6)8/h2-3H2,1H3.